The Morgan fingerprint density at radius 3 is 2.34 bits per heavy atom. The summed E-state index contributed by atoms with van der Waals surface area (Å²) in [4.78, 5) is 41.5. The fourth-order valence-corrected chi connectivity index (χ4v) is 4.04. The molecule has 10 nitrogen and oxygen atoms in total. The second-order valence-electron chi connectivity index (χ2n) is 9.10. The van der Waals surface area contributed by atoms with Crippen LogP contribution in [0.25, 0.3) is 5.65 Å². The molecule has 3 heterocycles. The molecule has 0 saturated carbocycles. The summed E-state index contributed by atoms with van der Waals surface area (Å²) in [5.41, 5.74) is -0.167. The minimum absolute atomic E-state index is 0.0496. The molecule has 1 aliphatic heterocycles. The van der Waals surface area contributed by atoms with E-state index in [0.717, 1.165) is 12.8 Å². The van der Waals surface area contributed by atoms with Crippen molar-refractivity contribution < 1.29 is 19.1 Å². The van der Waals surface area contributed by atoms with Crippen molar-refractivity contribution in [2.75, 3.05) is 25.1 Å². The fraction of sp³-hybridized carbons (Fsp3) is 0.636. The number of carbonyl (C=O) groups excluding carboxylic acids is 2. The van der Waals surface area contributed by atoms with Crippen LogP contribution >= 0.6 is 0 Å². The largest absolute Gasteiger partial charge is 0.464 e. The Morgan fingerprint density at radius 2 is 1.78 bits per heavy atom. The summed E-state index contributed by atoms with van der Waals surface area (Å²) in [6.07, 6.45) is 1.15. The lowest BCUT2D eigenvalue weighted by Crippen LogP contribution is -2.60. The molecule has 1 fully saturated rings. The highest BCUT2D eigenvalue weighted by molar-refractivity contribution is 5.88. The predicted molar refractivity (Wildman–Crippen MR) is 120 cm³/mol. The number of aromatic nitrogens is 3. The molecule has 0 bridgehead atoms. The number of fused-ring (bicyclic) bond motifs is 1. The molecule has 2 aromatic rings. The topological polar surface area (TPSA) is 98.4 Å². The van der Waals surface area contributed by atoms with Crippen LogP contribution in [0.5, 0.6) is 0 Å². The molecular weight excluding hydrogens is 414 g/mol. The van der Waals surface area contributed by atoms with E-state index in [4.69, 9.17) is 9.47 Å². The van der Waals surface area contributed by atoms with Crippen molar-refractivity contribution in [1.82, 2.24) is 19.1 Å². The van der Waals surface area contributed by atoms with Gasteiger partial charge in [0.2, 0.25) is 0 Å². The minimum Gasteiger partial charge on any atom is -0.464 e. The van der Waals surface area contributed by atoms with E-state index in [2.05, 4.69) is 10.00 Å². The van der Waals surface area contributed by atoms with Gasteiger partial charge in [-0.2, -0.15) is 9.61 Å². The van der Waals surface area contributed by atoms with Gasteiger partial charge < -0.3 is 19.3 Å². The highest BCUT2D eigenvalue weighted by atomic mass is 16.6. The maximum Gasteiger partial charge on any atom is 0.410 e. The molecule has 0 radical (unpaired) electrons. The quantitative estimate of drug-likeness (QED) is 0.664. The SMILES string of the molecule is CC[C@@H]1CN(c2cc(=O)n(C)c3cc(C(=O)OC)nn23)[C@@H](CC)CN1C(=O)OC(C)(C)C. The molecule has 0 aromatic carbocycles. The summed E-state index contributed by atoms with van der Waals surface area (Å²) in [6, 6.07) is 2.93. The Bertz CT molecular complexity index is 1070. The Hall–Kier alpha value is -3.04. The lowest BCUT2D eigenvalue weighted by atomic mass is 10.0. The molecular formula is C22H33N5O5. The zero-order valence-electron chi connectivity index (χ0n) is 19.9. The predicted octanol–water partition coefficient (Wildman–Crippen LogP) is 2.43. The molecule has 176 valence electrons. The van der Waals surface area contributed by atoms with Crippen LogP contribution in [0.1, 0.15) is 57.9 Å². The van der Waals surface area contributed by atoms with Crippen molar-refractivity contribution in [1.29, 1.82) is 0 Å². The van der Waals surface area contributed by atoms with Crippen LogP contribution in [0, 0.1) is 0 Å². The van der Waals surface area contributed by atoms with E-state index in [0.29, 0.717) is 24.6 Å². The zero-order valence-corrected chi connectivity index (χ0v) is 19.9. The van der Waals surface area contributed by atoms with Crippen LogP contribution in [0.2, 0.25) is 0 Å². The molecule has 10 heteroatoms. The summed E-state index contributed by atoms with van der Waals surface area (Å²) >= 11 is 0. The van der Waals surface area contributed by atoms with Gasteiger partial charge >= 0.3 is 12.1 Å². The first-order valence-electron chi connectivity index (χ1n) is 10.9. The molecule has 1 amide bonds. The Labute approximate surface area is 187 Å². The number of anilines is 1. The third-order valence-electron chi connectivity index (χ3n) is 5.79. The van der Waals surface area contributed by atoms with E-state index in [9.17, 15) is 14.4 Å². The number of esters is 1. The number of nitrogens with zero attached hydrogens (tertiary/aromatic N) is 5. The standard InChI is InChI=1S/C22H33N5O5/c1-8-14-13-26(21(30)32-22(3,4)5)15(9-2)12-25(14)18-11-19(28)24(6)17-10-16(20(29)31-7)23-27(17)18/h10-11,14-15H,8-9,12-13H2,1-7H3/t14-,15+/m0/s1. The van der Waals surface area contributed by atoms with Crippen LogP contribution in [0.15, 0.2) is 16.9 Å². The summed E-state index contributed by atoms with van der Waals surface area (Å²) in [6.45, 7) is 10.6. The van der Waals surface area contributed by atoms with Crippen LogP contribution in [0.3, 0.4) is 0 Å². The van der Waals surface area contributed by atoms with Gasteiger partial charge in [0.25, 0.3) is 5.56 Å². The Morgan fingerprint density at radius 1 is 1.12 bits per heavy atom. The van der Waals surface area contributed by atoms with E-state index in [1.54, 1.807) is 22.5 Å². The number of hydrogen-bond acceptors (Lipinski definition) is 7. The van der Waals surface area contributed by atoms with Gasteiger partial charge in [-0.1, -0.05) is 13.8 Å². The fourth-order valence-electron chi connectivity index (χ4n) is 4.04. The molecule has 0 N–H and O–H groups in total. The second-order valence-corrected chi connectivity index (χ2v) is 9.10. The average molecular weight is 448 g/mol. The Balaban J connectivity index is 2.05. The summed E-state index contributed by atoms with van der Waals surface area (Å²) in [5, 5.41) is 4.42. The van der Waals surface area contributed by atoms with Crippen LogP contribution in [0.4, 0.5) is 10.6 Å². The molecule has 2 atom stereocenters. The number of methoxy groups -OCH3 is 1. The van der Waals surface area contributed by atoms with Gasteiger partial charge in [-0.05, 0) is 33.6 Å². The first-order valence-corrected chi connectivity index (χ1v) is 10.9. The maximum absolute atomic E-state index is 12.9. The molecule has 32 heavy (non-hydrogen) atoms. The van der Waals surface area contributed by atoms with E-state index < -0.39 is 11.6 Å². The highest BCUT2D eigenvalue weighted by Crippen LogP contribution is 2.27. The lowest BCUT2D eigenvalue weighted by Gasteiger charge is -2.46. The van der Waals surface area contributed by atoms with Crippen LogP contribution in [-0.4, -0.2) is 69.0 Å². The van der Waals surface area contributed by atoms with Crippen LogP contribution < -0.4 is 10.5 Å². The second kappa shape index (κ2) is 8.84. The van der Waals surface area contributed by atoms with Crippen molar-refractivity contribution in [2.24, 2.45) is 7.05 Å². The number of hydrogen-bond donors (Lipinski definition) is 0. The summed E-state index contributed by atoms with van der Waals surface area (Å²) < 4.78 is 13.5. The maximum atomic E-state index is 12.9. The molecule has 0 aliphatic carbocycles. The van der Waals surface area contributed by atoms with Gasteiger partial charge in [-0.3, -0.25) is 9.36 Å². The van der Waals surface area contributed by atoms with Crippen molar-refractivity contribution in [2.45, 2.75) is 65.1 Å². The van der Waals surface area contributed by atoms with Crippen molar-refractivity contribution in [3.05, 3.63) is 28.2 Å². The molecule has 1 aliphatic rings. The summed E-state index contributed by atoms with van der Waals surface area (Å²) in [5.74, 6) is 0.0210. The number of amides is 1. The van der Waals surface area contributed by atoms with E-state index in [-0.39, 0.29) is 29.4 Å². The number of aryl methyl sites for hydroxylation is 1. The lowest BCUT2D eigenvalue weighted by molar-refractivity contribution is 0.00976. The van der Waals surface area contributed by atoms with Gasteiger partial charge in [0.15, 0.2) is 5.69 Å². The van der Waals surface area contributed by atoms with E-state index >= 15 is 0 Å². The molecule has 1 saturated heterocycles. The molecule has 0 unspecified atom stereocenters. The zero-order chi connectivity index (χ0) is 23.8. The first kappa shape index (κ1) is 23.6. The summed E-state index contributed by atoms with van der Waals surface area (Å²) in [7, 11) is 2.93. The van der Waals surface area contributed by atoms with Crippen molar-refractivity contribution in [3.63, 3.8) is 0 Å². The van der Waals surface area contributed by atoms with Crippen molar-refractivity contribution >= 4 is 23.5 Å². The highest BCUT2D eigenvalue weighted by Gasteiger charge is 2.38. The first-order chi connectivity index (χ1) is 15.0. The van der Waals surface area contributed by atoms with Crippen molar-refractivity contribution in [3.8, 4) is 0 Å². The number of ether oxygens (including phenoxy) is 2. The Kier molecular flexibility index (Phi) is 6.52. The number of rotatable bonds is 4. The van der Waals surface area contributed by atoms with Gasteiger partial charge in [0.1, 0.15) is 17.1 Å². The smallest absolute Gasteiger partial charge is 0.410 e. The van der Waals surface area contributed by atoms with Crippen LogP contribution in [-0.2, 0) is 16.5 Å². The minimum atomic E-state index is -0.578. The monoisotopic (exact) mass is 447 g/mol. The van der Waals surface area contributed by atoms with E-state index in [1.165, 1.54) is 17.7 Å². The molecule has 0 spiro atoms. The number of piperazine rings is 1. The third-order valence-corrected chi connectivity index (χ3v) is 5.79. The molecule has 2 aromatic heterocycles. The van der Waals surface area contributed by atoms with E-state index in [1.807, 2.05) is 34.6 Å². The van der Waals surface area contributed by atoms with Gasteiger partial charge in [0, 0.05) is 38.3 Å². The van der Waals surface area contributed by atoms with Gasteiger partial charge in [0.05, 0.1) is 13.2 Å². The normalized spacial score (nSPS) is 19.3. The van der Waals surface area contributed by atoms with Gasteiger partial charge in [-0.25, -0.2) is 9.59 Å². The van der Waals surface area contributed by atoms with Gasteiger partial charge in [-0.15, -0.1) is 0 Å². The number of carbonyl (C=O) groups is 2. The third kappa shape index (κ3) is 4.44. The average Bonchev–Trinajstić information content (AvgIpc) is 3.19. The molecule has 3 rings (SSSR count).